The first-order chi connectivity index (χ1) is 13.0. The molecule has 0 atom stereocenters. The molecule has 0 fully saturated rings. The van der Waals surface area contributed by atoms with E-state index in [0.29, 0.717) is 30.8 Å². The van der Waals surface area contributed by atoms with Gasteiger partial charge in [-0.15, -0.1) is 0 Å². The molecule has 0 saturated heterocycles. The smallest absolute Gasteiger partial charge is 0.338 e. The van der Waals surface area contributed by atoms with Crippen molar-refractivity contribution in [3.63, 3.8) is 0 Å². The highest BCUT2D eigenvalue weighted by molar-refractivity contribution is 5.95. The van der Waals surface area contributed by atoms with Crippen molar-refractivity contribution in [3.05, 3.63) is 65.7 Å². The fourth-order valence-corrected chi connectivity index (χ4v) is 2.53. The molecule has 0 saturated carbocycles. The average Bonchev–Trinajstić information content (AvgIpc) is 2.66. The topological polar surface area (TPSA) is 75.7 Å². The molecule has 6 heteroatoms. The highest BCUT2D eigenvalue weighted by Crippen LogP contribution is 2.11. The molecule has 1 N–H and O–H groups in total. The van der Waals surface area contributed by atoms with Crippen LogP contribution in [0.1, 0.15) is 29.8 Å². The van der Waals surface area contributed by atoms with E-state index in [4.69, 9.17) is 4.74 Å². The number of amides is 2. The molecule has 2 aromatic rings. The fourth-order valence-electron chi connectivity index (χ4n) is 2.53. The van der Waals surface area contributed by atoms with Gasteiger partial charge in [-0.1, -0.05) is 30.3 Å². The Balaban J connectivity index is 1.89. The van der Waals surface area contributed by atoms with E-state index in [1.54, 1.807) is 31.2 Å². The van der Waals surface area contributed by atoms with Crippen molar-refractivity contribution in [2.45, 2.75) is 20.3 Å². The molecule has 0 unspecified atom stereocenters. The van der Waals surface area contributed by atoms with Crippen LogP contribution in [0, 0.1) is 0 Å². The number of benzene rings is 2. The lowest BCUT2D eigenvalue weighted by molar-refractivity contribution is -0.132. The number of nitrogens with zero attached hydrogens (tertiary/aromatic N) is 1. The minimum absolute atomic E-state index is 0.0260. The van der Waals surface area contributed by atoms with Gasteiger partial charge in [0.25, 0.3) is 0 Å². The molecule has 0 heterocycles. The summed E-state index contributed by atoms with van der Waals surface area (Å²) in [5, 5.41) is 2.74. The Morgan fingerprint density at radius 1 is 1.00 bits per heavy atom. The van der Waals surface area contributed by atoms with Crippen molar-refractivity contribution >= 4 is 23.5 Å². The van der Waals surface area contributed by atoms with Crippen LogP contribution in [0.15, 0.2) is 54.6 Å². The molecule has 0 aromatic heterocycles. The van der Waals surface area contributed by atoms with E-state index in [0.717, 1.165) is 5.56 Å². The minimum Gasteiger partial charge on any atom is -0.462 e. The van der Waals surface area contributed by atoms with Crippen LogP contribution in [0.3, 0.4) is 0 Å². The van der Waals surface area contributed by atoms with Gasteiger partial charge in [-0.05, 0) is 43.2 Å². The molecule has 0 aliphatic heterocycles. The van der Waals surface area contributed by atoms with Crippen LogP contribution >= 0.6 is 0 Å². The summed E-state index contributed by atoms with van der Waals surface area (Å²) in [5.74, 6) is -0.847. The van der Waals surface area contributed by atoms with Crippen LogP contribution in [0.5, 0.6) is 0 Å². The second-order valence-electron chi connectivity index (χ2n) is 6.02. The normalized spacial score (nSPS) is 10.1. The molecule has 0 aliphatic rings. The molecule has 27 heavy (non-hydrogen) atoms. The first-order valence-corrected chi connectivity index (χ1v) is 8.86. The molecule has 0 radical (unpaired) electrons. The fraction of sp³-hybridized carbons (Fsp3) is 0.286. The molecular formula is C21H24N2O4. The van der Waals surface area contributed by atoms with E-state index in [9.17, 15) is 14.4 Å². The number of carbonyl (C=O) groups is 3. The Bertz CT molecular complexity index is 773. The maximum atomic E-state index is 12.3. The zero-order valence-corrected chi connectivity index (χ0v) is 15.6. The first kappa shape index (κ1) is 20.2. The van der Waals surface area contributed by atoms with Gasteiger partial charge in [-0.2, -0.15) is 0 Å². The van der Waals surface area contributed by atoms with Gasteiger partial charge in [0.05, 0.1) is 18.7 Å². The van der Waals surface area contributed by atoms with E-state index in [2.05, 4.69) is 5.32 Å². The molecule has 142 valence electrons. The summed E-state index contributed by atoms with van der Waals surface area (Å²) in [7, 11) is 0. The van der Waals surface area contributed by atoms with Crippen LogP contribution < -0.4 is 5.32 Å². The van der Waals surface area contributed by atoms with Crippen LogP contribution in [0.4, 0.5) is 5.69 Å². The van der Waals surface area contributed by atoms with E-state index in [1.807, 2.05) is 30.3 Å². The number of hydrogen-bond donors (Lipinski definition) is 1. The number of rotatable bonds is 8. The molecule has 2 aromatic carbocycles. The Morgan fingerprint density at radius 2 is 1.67 bits per heavy atom. The number of esters is 1. The van der Waals surface area contributed by atoms with Gasteiger partial charge in [-0.3, -0.25) is 9.59 Å². The van der Waals surface area contributed by atoms with E-state index in [1.165, 1.54) is 11.8 Å². The summed E-state index contributed by atoms with van der Waals surface area (Å²) in [6.07, 6.45) is 0.682. The molecular weight excluding hydrogens is 344 g/mol. The summed E-state index contributed by atoms with van der Waals surface area (Å²) in [5.41, 5.74) is 2.08. The lowest BCUT2D eigenvalue weighted by atomic mass is 10.1. The zero-order chi connectivity index (χ0) is 19.6. The monoisotopic (exact) mass is 368 g/mol. The van der Waals surface area contributed by atoms with Gasteiger partial charge in [0.15, 0.2) is 0 Å². The maximum Gasteiger partial charge on any atom is 0.338 e. The SMILES string of the molecule is CCOC(=O)c1ccc(NC(=O)CN(CCc2ccccc2)C(C)=O)cc1. The van der Waals surface area contributed by atoms with Gasteiger partial charge >= 0.3 is 5.97 Å². The number of ether oxygens (including phenoxy) is 1. The predicted molar refractivity (Wildman–Crippen MR) is 103 cm³/mol. The maximum absolute atomic E-state index is 12.3. The lowest BCUT2D eigenvalue weighted by Crippen LogP contribution is -2.38. The average molecular weight is 368 g/mol. The van der Waals surface area contributed by atoms with Gasteiger partial charge in [0.1, 0.15) is 0 Å². The molecule has 2 amide bonds. The summed E-state index contributed by atoms with van der Waals surface area (Å²) in [4.78, 5) is 37.2. The summed E-state index contributed by atoms with van der Waals surface area (Å²) >= 11 is 0. The summed E-state index contributed by atoms with van der Waals surface area (Å²) < 4.78 is 4.92. The summed E-state index contributed by atoms with van der Waals surface area (Å²) in [6, 6.07) is 16.2. The van der Waals surface area contributed by atoms with E-state index < -0.39 is 5.97 Å². The Morgan fingerprint density at radius 3 is 2.26 bits per heavy atom. The Kier molecular flexibility index (Phi) is 7.55. The number of anilines is 1. The summed E-state index contributed by atoms with van der Waals surface area (Å²) in [6.45, 7) is 3.94. The highest BCUT2D eigenvalue weighted by atomic mass is 16.5. The van der Waals surface area contributed by atoms with Crippen molar-refractivity contribution in [3.8, 4) is 0 Å². The van der Waals surface area contributed by atoms with Crippen LogP contribution in [-0.2, 0) is 20.7 Å². The third kappa shape index (κ3) is 6.58. The highest BCUT2D eigenvalue weighted by Gasteiger charge is 2.14. The number of hydrogen-bond acceptors (Lipinski definition) is 4. The minimum atomic E-state index is -0.404. The largest absolute Gasteiger partial charge is 0.462 e. The molecule has 0 bridgehead atoms. The van der Waals surface area contributed by atoms with Gasteiger partial charge < -0.3 is 15.0 Å². The second-order valence-corrected chi connectivity index (χ2v) is 6.02. The van der Waals surface area contributed by atoms with E-state index in [-0.39, 0.29) is 18.4 Å². The van der Waals surface area contributed by atoms with Gasteiger partial charge in [0, 0.05) is 19.2 Å². The standard InChI is InChI=1S/C21H24N2O4/c1-3-27-21(26)18-9-11-19(12-10-18)22-20(25)15-23(16(2)24)14-13-17-7-5-4-6-8-17/h4-12H,3,13-15H2,1-2H3,(H,22,25). The Labute approximate surface area is 159 Å². The lowest BCUT2D eigenvalue weighted by Gasteiger charge is -2.20. The quantitative estimate of drug-likeness (QED) is 0.727. The van der Waals surface area contributed by atoms with Crippen molar-refractivity contribution in [2.24, 2.45) is 0 Å². The first-order valence-electron chi connectivity index (χ1n) is 8.86. The van der Waals surface area contributed by atoms with Crippen LogP contribution in [0.25, 0.3) is 0 Å². The van der Waals surface area contributed by atoms with Crippen molar-refractivity contribution in [1.29, 1.82) is 0 Å². The van der Waals surface area contributed by atoms with E-state index >= 15 is 0 Å². The number of carbonyl (C=O) groups excluding carboxylic acids is 3. The molecule has 0 spiro atoms. The molecule has 2 rings (SSSR count). The van der Waals surface area contributed by atoms with Crippen molar-refractivity contribution in [2.75, 3.05) is 25.0 Å². The predicted octanol–water partition coefficient (Wildman–Crippen LogP) is 2.89. The zero-order valence-electron chi connectivity index (χ0n) is 15.6. The second kappa shape index (κ2) is 10.1. The van der Waals surface area contributed by atoms with Crippen molar-refractivity contribution in [1.82, 2.24) is 4.90 Å². The van der Waals surface area contributed by atoms with Gasteiger partial charge in [0.2, 0.25) is 11.8 Å². The van der Waals surface area contributed by atoms with Crippen LogP contribution in [-0.4, -0.2) is 42.4 Å². The molecule has 6 nitrogen and oxygen atoms in total. The van der Waals surface area contributed by atoms with Crippen molar-refractivity contribution < 1.29 is 19.1 Å². The van der Waals surface area contributed by atoms with Crippen LogP contribution in [0.2, 0.25) is 0 Å². The Hall–Kier alpha value is -3.15. The molecule has 0 aliphatic carbocycles. The third-order valence-electron chi connectivity index (χ3n) is 3.97. The third-order valence-corrected chi connectivity index (χ3v) is 3.97. The number of nitrogens with one attached hydrogen (secondary N) is 1. The van der Waals surface area contributed by atoms with Gasteiger partial charge in [-0.25, -0.2) is 4.79 Å².